The van der Waals surface area contributed by atoms with Gasteiger partial charge >= 0.3 is 0 Å². The molecule has 5 rings (SSSR count). The molecule has 6 nitrogen and oxygen atoms in total. The molecular formula is C22H21N5O. The Morgan fingerprint density at radius 3 is 2.46 bits per heavy atom. The first-order valence-corrected chi connectivity index (χ1v) is 9.79. The molecule has 0 unspecified atom stereocenters. The summed E-state index contributed by atoms with van der Waals surface area (Å²) in [5.41, 5.74) is 3.75. The third-order valence-corrected chi connectivity index (χ3v) is 5.41. The highest BCUT2D eigenvalue weighted by Crippen LogP contribution is 2.26. The van der Waals surface area contributed by atoms with Crippen molar-refractivity contribution in [3.8, 4) is 0 Å². The van der Waals surface area contributed by atoms with E-state index in [4.69, 9.17) is 4.98 Å². The van der Waals surface area contributed by atoms with Crippen molar-refractivity contribution in [3.63, 3.8) is 0 Å². The van der Waals surface area contributed by atoms with Gasteiger partial charge in [0.05, 0.1) is 11.0 Å². The highest BCUT2D eigenvalue weighted by molar-refractivity contribution is 6.10. The normalized spacial score (nSPS) is 15.1. The second kappa shape index (κ2) is 7.03. The lowest BCUT2D eigenvalue weighted by Gasteiger charge is -2.22. The number of fused-ring (bicyclic) bond motifs is 3. The van der Waals surface area contributed by atoms with Crippen LogP contribution in [0.4, 0.5) is 5.82 Å². The summed E-state index contributed by atoms with van der Waals surface area (Å²) in [5.74, 6) is 0.884. The minimum Gasteiger partial charge on any atom is -0.353 e. The Labute approximate surface area is 162 Å². The van der Waals surface area contributed by atoms with Gasteiger partial charge in [-0.1, -0.05) is 43.2 Å². The van der Waals surface area contributed by atoms with Crippen LogP contribution < -0.4 is 4.90 Å². The van der Waals surface area contributed by atoms with Crippen LogP contribution in [0.1, 0.15) is 41.6 Å². The quantitative estimate of drug-likeness (QED) is 0.511. The lowest BCUT2D eigenvalue weighted by atomic mass is 10.0. The van der Waals surface area contributed by atoms with E-state index in [-0.39, 0.29) is 5.78 Å². The fraction of sp³-hybridized carbons (Fsp3) is 0.273. The smallest absolute Gasteiger partial charge is 0.204 e. The molecule has 0 N–H and O–H groups in total. The highest BCUT2D eigenvalue weighted by Gasteiger charge is 2.19. The first-order valence-electron chi connectivity index (χ1n) is 9.79. The third kappa shape index (κ3) is 2.91. The van der Waals surface area contributed by atoms with Gasteiger partial charge in [-0.15, -0.1) is 10.2 Å². The lowest BCUT2D eigenvalue weighted by molar-refractivity contribution is 0.103. The number of carbonyl (C=O) groups is 1. The molecule has 3 heterocycles. The SMILES string of the molecule is O=C(c1ccccc1)c1ccc2nc(N3CCCCCC3)c3nncn3c2c1. The van der Waals surface area contributed by atoms with Crippen LogP contribution in [0, 0.1) is 0 Å². The van der Waals surface area contributed by atoms with Crippen molar-refractivity contribution in [3.05, 3.63) is 66.0 Å². The molecule has 0 saturated carbocycles. The summed E-state index contributed by atoms with van der Waals surface area (Å²) in [7, 11) is 0. The Morgan fingerprint density at radius 1 is 0.893 bits per heavy atom. The van der Waals surface area contributed by atoms with Crippen LogP contribution in [0.25, 0.3) is 16.7 Å². The van der Waals surface area contributed by atoms with Gasteiger partial charge in [-0.2, -0.15) is 0 Å². The van der Waals surface area contributed by atoms with Crippen molar-refractivity contribution in [2.45, 2.75) is 25.7 Å². The maximum atomic E-state index is 12.8. The standard InChI is InChI=1S/C22H21N5O/c28-20(16-8-4-3-5-9-16)17-10-11-18-19(14-17)27-15-23-25-22(27)21(24-18)26-12-6-1-2-7-13-26/h3-5,8-11,14-15H,1-2,6-7,12-13H2. The number of benzene rings is 2. The number of carbonyl (C=O) groups excluding carboxylic acids is 1. The molecule has 0 radical (unpaired) electrons. The average molecular weight is 371 g/mol. The zero-order valence-electron chi connectivity index (χ0n) is 15.6. The molecule has 0 bridgehead atoms. The Kier molecular flexibility index (Phi) is 4.24. The molecular weight excluding hydrogens is 350 g/mol. The Morgan fingerprint density at radius 2 is 1.68 bits per heavy atom. The summed E-state index contributed by atoms with van der Waals surface area (Å²) in [6.45, 7) is 1.98. The van der Waals surface area contributed by atoms with E-state index in [1.807, 2.05) is 52.9 Å². The fourth-order valence-corrected chi connectivity index (χ4v) is 3.93. The van der Waals surface area contributed by atoms with Crippen molar-refractivity contribution in [1.29, 1.82) is 0 Å². The minimum absolute atomic E-state index is 0.000296. The molecule has 4 aromatic rings. The molecule has 140 valence electrons. The topological polar surface area (TPSA) is 63.4 Å². The number of ketones is 1. The molecule has 1 aliphatic rings. The number of hydrogen-bond acceptors (Lipinski definition) is 5. The van der Waals surface area contributed by atoms with Gasteiger partial charge in [0.1, 0.15) is 6.33 Å². The predicted octanol–water partition coefficient (Wildman–Crippen LogP) is 3.89. The van der Waals surface area contributed by atoms with E-state index >= 15 is 0 Å². The van der Waals surface area contributed by atoms with Gasteiger partial charge in [0.25, 0.3) is 0 Å². The van der Waals surface area contributed by atoms with Crippen LogP contribution in [-0.4, -0.2) is 38.5 Å². The molecule has 1 aliphatic heterocycles. The number of aromatic nitrogens is 4. The molecule has 2 aromatic heterocycles. The van der Waals surface area contributed by atoms with Crippen molar-refractivity contribution in [1.82, 2.24) is 19.6 Å². The average Bonchev–Trinajstić information content (AvgIpc) is 3.09. The van der Waals surface area contributed by atoms with Gasteiger partial charge in [-0.3, -0.25) is 9.20 Å². The molecule has 0 spiro atoms. The molecule has 0 aliphatic carbocycles. The number of nitrogens with zero attached hydrogens (tertiary/aromatic N) is 5. The Hall–Kier alpha value is -3.28. The van der Waals surface area contributed by atoms with Crippen LogP contribution in [0.5, 0.6) is 0 Å². The predicted molar refractivity (Wildman–Crippen MR) is 109 cm³/mol. The maximum absolute atomic E-state index is 12.8. The van der Waals surface area contributed by atoms with Crippen LogP contribution in [0.15, 0.2) is 54.9 Å². The van der Waals surface area contributed by atoms with E-state index in [0.29, 0.717) is 11.1 Å². The molecule has 1 fully saturated rings. The van der Waals surface area contributed by atoms with E-state index in [1.54, 1.807) is 6.33 Å². The van der Waals surface area contributed by atoms with Gasteiger partial charge in [0.15, 0.2) is 11.6 Å². The first-order chi connectivity index (χ1) is 13.8. The molecule has 2 aromatic carbocycles. The van der Waals surface area contributed by atoms with Gasteiger partial charge < -0.3 is 4.90 Å². The lowest BCUT2D eigenvalue weighted by Crippen LogP contribution is -2.25. The van der Waals surface area contributed by atoms with E-state index in [2.05, 4.69) is 15.1 Å². The number of anilines is 1. The fourth-order valence-electron chi connectivity index (χ4n) is 3.93. The van der Waals surface area contributed by atoms with Crippen molar-refractivity contribution >= 4 is 28.3 Å². The monoisotopic (exact) mass is 371 g/mol. The van der Waals surface area contributed by atoms with Crippen molar-refractivity contribution < 1.29 is 4.79 Å². The molecule has 1 saturated heterocycles. The summed E-state index contributed by atoms with van der Waals surface area (Å²) in [4.78, 5) is 20.1. The van der Waals surface area contributed by atoms with Gasteiger partial charge in [0, 0.05) is 24.2 Å². The van der Waals surface area contributed by atoms with Gasteiger partial charge in [-0.05, 0) is 31.0 Å². The number of hydrogen-bond donors (Lipinski definition) is 0. The van der Waals surface area contributed by atoms with Gasteiger partial charge in [0.2, 0.25) is 5.65 Å². The van der Waals surface area contributed by atoms with Crippen LogP contribution in [0.3, 0.4) is 0 Å². The molecule has 0 atom stereocenters. The van der Waals surface area contributed by atoms with Crippen LogP contribution in [-0.2, 0) is 0 Å². The third-order valence-electron chi connectivity index (χ3n) is 5.41. The van der Waals surface area contributed by atoms with Crippen LogP contribution in [0.2, 0.25) is 0 Å². The van der Waals surface area contributed by atoms with E-state index in [0.717, 1.165) is 35.6 Å². The Bertz CT molecular complexity index is 1140. The van der Waals surface area contributed by atoms with Crippen molar-refractivity contribution in [2.24, 2.45) is 0 Å². The summed E-state index contributed by atoms with van der Waals surface area (Å²) in [6.07, 6.45) is 6.57. The highest BCUT2D eigenvalue weighted by atomic mass is 16.1. The van der Waals surface area contributed by atoms with E-state index in [9.17, 15) is 4.79 Å². The Balaban J connectivity index is 1.63. The number of rotatable bonds is 3. The summed E-state index contributed by atoms with van der Waals surface area (Å²) in [5, 5.41) is 8.46. The second-order valence-electron chi connectivity index (χ2n) is 7.26. The molecule has 0 amide bonds. The molecule has 28 heavy (non-hydrogen) atoms. The van der Waals surface area contributed by atoms with E-state index in [1.165, 1.54) is 25.7 Å². The minimum atomic E-state index is 0.000296. The maximum Gasteiger partial charge on any atom is 0.204 e. The van der Waals surface area contributed by atoms with Crippen molar-refractivity contribution in [2.75, 3.05) is 18.0 Å². The van der Waals surface area contributed by atoms with E-state index < -0.39 is 0 Å². The second-order valence-corrected chi connectivity index (χ2v) is 7.26. The molecule has 6 heteroatoms. The first kappa shape index (κ1) is 16.9. The summed E-state index contributed by atoms with van der Waals surface area (Å²) in [6, 6.07) is 15.0. The van der Waals surface area contributed by atoms with Gasteiger partial charge in [-0.25, -0.2) is 4.98 Å². The zero-order valence-corrected chi connectivity index (χ0v) is 15.6. The largest absolute Gasteiger partial charge is 0.353 e. The summed E-state index contributed by atoms with van der Waals surface area (Å²) < 4.78 is 1.95. The summed E-state index contributed by atoms with van der Waals surface area (Å²) >= 11 is 0. The van der Waals surface area contributed by atoms with Crippen LogP contribution >= 0.6 is 0 Å². The zero-order chi connectivity index (χ0) is 18.9.